The maximum Gasteiger partial charge on any atom is 0.297 e. The molecular weight excluding hydrogens is 278 g/mol. The highest BCUT2D eigenvalue weighted by molar-refractivity contribution is 7.99. The molecule has 0 amide bonds. The lowest BCUT2D eigenvalue weighted by atomic mass is 10.2. The van der Waals surface area contributed by atoms with Gasteiger partial charge in [0, 0.05) is 10.3 Å². The Morgan fingerprint density at radius 2 is 1.55 bits per heavy atom. The van der Waals surface area contributed by atoms with Crippen molar-refractivity contribution in [1.29, 1.82) is 0 Å². The molecule has 3 aromatic rings. The lowest BCUT2D eigenvalue weighted by Crippen LogP contribution is -1.98. The molecule has 0 spiro atoms. The van der Waals surface area contributed by atoms with Crippen molar-refractivity contribution in [3.63, 3.8) is 0 Å². The van der Waals surface area contributed by atoms with E-state index in [0.29, 0.717) is 10.5 Å². The van der Waals surface area contributed by atoms with Gasteiger partial charge in [-0.15, -0.1) is 0 Å². The molecule has 20 heavy (non-hydrogen) atoms. The van der Waals surface area contributed by atoms with Gasteiger partial charge in [-0.1, -0.05) is 48.2 Å². The van der Waals surface area contributed by atoms with Gasteiger partial charge in [-0.25, -0.2) is 18.7 Å². The van der Waals surface area contributed by atoms with E-state index < -0.39 is 12.2 Å². The van der Waals surface area contributed by atoms with E-state index in [9.17, 15) is 8.78 Å². The Kier molecular flexibility index (Phi) is 3.60. The van der Waals surface area contributed by atoms with Crippen molar-refractivity contribution >= 4 is 22.7 Å². The number of nitrogens with zero attached hydrogens (tertiary/aromatic N) is 2. The number of hydrogen-bond donors (Lipinski definition) is 0. The lowest BCUT2D eigenvalue weighted by molar-refractivity contribution is 0.140. The van der Waals surface area contributed by atoms with Crippen LogP contribution in [-0.2, 0) is 0 Å². The first kappa shape index (κ1) is 13.0. The average Bonchev–Trinajstić information content (AvgIpc) is 2.48. The zero-order valence-electron chi connectivity index (χ0n) is 10.3. The molecule has 0 bridgehead atoms. The van der Waals surface area contributed by atoms with Crippen LogP contribution in [-0.4, -0.2) is 9.97 Å². The fraction of sp³-hybridized carbons (Fsp3) is 0.0667. The Hall–Kier alpha value is -2.01. The maximum absolute atomic E-state index is 12.9. The van der Waals surface area contributed by atoms with Crippen molar-refractivity contribution in [1.82, 2.24) is 9.97 Å². The third kappa shape index (κ3) is 2.63. The largest absolute Gasteiger partial charge is 0.297 e. The first-order chi connectivity index (χ1) is 9.74. The minimum absolute atomic E-state index is 0.429. The highest BCUT2D eigenvalue weighted by Gasteiger charge is 2.15. The molecule has 5 heteroatoms. The summed E-state index contributed by atoms with van der Waals surface area (Å²) < 4.78 is 25.8. The molecule has 1 heterocycles. The summed E-state index contributed by atoms with van der Waals surface area (Å²) in [6.45, 7) is 0. The first-order valence-electron chi connectivity index (χ1n) is 6.02. The molecule has 0 saturated carbocycles. The number of rotatable bonds is 3. The summed E-state index contributed by atoms with van der Waals surface area (Å²) in [6.07, 6.45) is -2.67. The number of halogens is 2. The van der Waals surface area contributed by atoms with Crippen molar-refractivity contribution in [2.45, 2.75) is 16.3 Å². The summed E-state index contributed by atoms with van der Waals surface area (Å²) in [6, 6.07) is 16.7. The van der Waals surface area contributed by atoms with E-state index >= 15 is 0 Å². The van der Waals surface area contributed by atoms with E-state index in [-0.39, 0.29) is 0 Å². The summed E-state index contributed by atoms with van der Waals surface area (Å²) in [5, 5.41) is 1.34. The molecule has 1 aromatic heterocycles. The highest BCUT2D eigenvalue weighted by Crippen LogP contribution is 2.32. The SMILES string of the molecule is FC(F)c1nc(Sc2ccccc2)c2ccccc2n1. The van der Waals surface area contributed by atoms with E-state index in [0.717, 1.165) is 10.3 Å². The number of fused-ring (bicyclic) bond motifs is 1. The standard InChI is InChI=1S/C15H10F2N2S/c16-13(17)14-18-12-9-5-4-8-11(12)15(19-14)20-10-6-2-1-3-7-10/h1-9,13H. The van der Waals surface area contributed by atoms with Crippen LogP contribution in [0.2, 0.25) is 0 Å². The van der Waals surface area contributed by atoms with E-state index in [1.807, 2.05) is 42.5 Å². The zero-order valence-corrected chi connectivity index (χ0v) is 11.1. The topological polar surface area (TPSA) is 25.8 Å². The number of hydrogen-bond acceptors (Lipinski definition) is 3. The van der Waals surface area contributed by atoms with Crippen LogP contribution in [0.15, 0.2) is 64.5 Å². The Labute approximate surface area is 118 Å². The lowest BCUT2D eigenvalue weighted by Gasteiger charge is -2.07. The predicted octanol–water partition coefficient (Wildman–Crippen LogP) is 4.72. The molecule has 0 aliphatic heterocycles. The minimum atomic E-state index is -2.67. The Balaban J connectivity index is 2.12. The van der Waals surface area contributed by atoms with Crippen LogP contribution < -0.4 is 0 Å². The summed E-state index contributed by atoms with van der Waals surface area (Å²) in [5.74, 6) is -0.429. The molecule has 0 saturated heterocycles. The summed E-state index contributed by atoms with van der Waals surface area (Å²) in [7, 11) is 0. The molecule has 0 atom stereocenters. The summed E-state index contributed by atoms with van der Waals surface area (Å²) in [5.41, 5.74) is 0.538. The Morgan fingerprint density at radius 3 is 2.30 bits per heavy atom. The highest BCUT2D eigenvalue weighted by atomic mass is 32.2. The van der Waals surface area contributed by atoms with Crippen LogP contribution in [0.4, 0.5) is 8.78 Å². The van der Waals surface area contributed by atoms with Crippen LogP contribution in [0.5, 0.6) is 0 Å². The van der Waals surface area contributed by atoms with E-state index in [2.05, 4.69) is 9.97 Å². The Morgan fingerprint density at radius 1 is 0.850 bits per heavy atom. The van der Waals surface area contributed by atoms with Gasteiger partial charge in [0.15, 0.2) is 5.82 Å². The summed E-state index contributed by atoms with van der Waals surface area (Å²) in [4.78, 5) is 8.86. The van der Waals surface area contributed by atoms with Crippen LogP contribution in [0.25, 0.3) is 10.9 Å². The molecule has 0 unspecified atom stereocenters. The summed E-state index contributed by atoms with van der Waals surface area (Å²) >= 11 is 1.36. The second-order valence-corrected chi connectivity index (χ2v) is 5.18. The van der Waals surface area contributed by atoms with Gasteiger partial charge in [0.25, 0.3) is 6.43 Å². The van der Waals surface area contributed by atoms with E-state index in [1.54, 1.807) is 12.1 Å². The minimum Gasteiger partial charge on any atom is -0.227 e. The number of benzene rings is 2. The zero-order chi connectivity index (χ0) is 13.9. The smallest absolute Gasteiger partial charge is 0.227 e. The van der Waals surface area contributed by atoms with Crippen molar-refractivity contribution in [2.24, 2.45) is 0 Å². The first-order valence-corrected chi connectivity index (χ1v) is 6.83. The van der Waals surface area contributed by atoms with Gasteiger partial charge in [-0.2, -0.15) is 0 Å². The normalized spacial score (nSPS) is 11.2. The number of aromatic nitrogens is 2. The molecule has 0 aliphatic carbocycles. The molecule has 2 aromatic carbocycles. The quantitative estimate of drug-likeness (QED) is 0.652. The molecule has 3 rings (SSSR count). The van der Waals surface area contributed by atoms with Gasteiger partial charge < -0.3 is 0 Å². The van der Waals surface area contributed by atoms with E-state index in [4.69, 9.17) is 0 Å². The Bertz CT molecular complexity index is 732. The third-order valence-electron chi connectivity index (χ3n) is 2.74. The molecule has 0 N–H and O–H groups in total. The number of alkyl halides is 2. The fourth-order valence-corrected chi connectivity index (χ4v) is 2.78. The fourth-order valence-electron chi connectivity index (χ4n) is 1.84. The van der Waals surface area contributed by atoms with Crippen LogP contribution in [0, 0.1) is 0 Å². The molecule has 2 nitrogen and oxygen atoms in total. The van der Waals surface area contributed by atoms with Crippen molar-refractivity contribution in [3.05, 3.63) is 60.4 Å². The van der Waals surface area contributed by atoms with Gasteiger partial charge in [0.2, 0.25) is 0 Å². The van der Waals surface area contributed by atoms with Gasteiger partial charge in [0.05, 0.1) is 5.52 Å². The van der Waals surface area contributed by atoms with Gasteiger partial charge in [-0.05, 0) is 18.2 Å². The van der Waals surface area contributed by atoms with Crippen LogP contribution in [0.3, 0.4) is 0 Å². The van der Waals surface area contributed by atoms with Crippen molar-refractivity contribution < 1.29 is 8.78 Å². The molecular formula is C15H10F2N2S. The molecule has 100 valence electrons. The third-order valence-corrected chi connectivity index (χ3v) is 3.75. The van der Waals surface area contributed by atoms with Crippen molar-refractivity contribution in [2.75, 3.05) is 0 Å². The second kappa shape index (κ2) is 5.54. The van der Waals surface area contributed by atoms with E-state index in [1.165, 1.54) is 11.8 Å². The second-order valence-electron chi connectivity index (χ2n) is 4.12. The van der Waals surface area contributed by atoms with Gasteiger partial charge >= 0.3 is 0 Å². The van der Waals surface area contributed by atoms with Gasteiger partial charge in [0.1, 0.15) is 5.03 Å². The molecule has 0 aliphatic rings. The van der Waals surface area contributed by atoms with Gasteiger partial charge in [-0.3, -0.25) is 0 Å². The van der Waals surface area contributed by atoms with Crippen LogP contribution >= 0.6 is 11.8 Å². The predicted molar refractivity (Wildman–Crippen MR) is 75.1 cm³/mol. The average molecular weight is 288 g/mol. The maximum atomic E-state index is 12.9. The van der Waals surface area contributed by atoms with Crippen LogP contribution in [0.1, 0.15) is 12.2 Å². The monoisotopic (exact) mass is 288 g/mol. The number of para-hydroxylation sites is 1. The molecule has 0 radical (unpaired) electrons. The van der Waals surface area contributed by atoms with Crippen molar-refractivity contribution in [3.8, 4) is 0 Å². The molecule has 0 fully saturated rings.